The first-order valence-corrected chi connectivity index (χ1v) is 8.26. The van der Waals surface area contributed by atoms with Crippen molar-refractivity contribution in [3.8, 4) is 0 Å². The predicted octanol–water partition coefficient (Wildman–Crippen LogP) is 3.22. The fourth-order valence-corrected chi connectivity index (χ4v) is 3.85. The first-order chi connectivity index (χ1) is 10.2. The van der Waals surface area contributed by atoms with Crippen molar-refractivity contribution in [2.24, 2.45) is 11.7 Å². The highest BCUT2D eigenvalue weighted by atomic mass is 16.5. The Morgan fingerprint density at radius 1 is 1.38 bits per heavy atom. The van der Waals surface area contributed by atoms with Crippen LogP contribution in [0.3, 0.4) is 0 Å². The highest BCUT2D eigenvalue weighted by molar-refractivity contribution is 5.30. The summed E-state index contributed by atoms with van der Waals surface area (Å²) < 4.78 is 12.3. The molecule has 0 spiro atoms. The first kappa shape index (κ1) is 15.0. The zero-order chi connectivity index (χ0) is 14.7. The molecule has 0 bridgehead atoms. The third kappa shape index (κ3) is 3.31. The molecule has 0 saturated heterocycles. The molecule has 1 heterocycles. The Kier molecular flexibility index (Phi) is 4.63. The molecule has 3 rings (SSSR count). The topological polar surface area (TPSA) is 44.5 Å². The molecule has 3 atom stereocenters. The standard InChI is InChI=1S/C18H27NO2/c1-14-5-4-9-18(11-14,13-19)21-12-17-16-7-3-2-6-15(16)8-10-20-17/h2-3,6-7,14,17H,4-5,8-13,19H2,1H3. The Balaban J connectivity index is 1.67. The van der Waals surface area contributed by atoms with Gasteiger partial charge in [-0.25, -0.2) is 0 Å². The van der Waals surface area contributed by atoms with Crippen LogP contribution in [0.2, 0.25) is 0 Å². The molecule has 1 aliphatic heterocycles. The van der Waals surface area contributed by atoms with Crippen LogP contribution in [-0.2, 0) is 15.9 Å². The van der Waals surface area contributed by atoms with E-state index in [1.807, 2.05) is 0 Å². The molecule has 0 radical (unpaired) electrons. The second kappa shape index (κ2) is 6.47. The first-order valence-electron chi connectivity index (χ1n) is 8.26. The summed E-state index contributed by atoms with van der Waals surface area (Å²) in [7, 11) is 0. The van der Waals surface area contributed by atoms with Gasteiger partial charge in [-0.2, -0.15) is 0 Å². The Hall–Kier alpha value is -0.900. The van der Waals surface area contributed by atoms with E-state index in [4.69, 9.17) is 15.2 Å². The third-order valence-electron chi connectivity index (χ3n) is 5.06. The number of rotatable bonds is 4. The number of fused-ring (bicyclic) bond motifs is 1. The highest BCUT2D eigenvalue weighted by Crippen LogP contribution is 2.36. The maximum Gasteiger partial charge on any atom is 0.106 e. The summed E-state index contributed by atoms with van der Waals surface area (Å²) in [4.78, 5) is 0. The van der Waals surface area contributed by atoms with E-state index in [9.17, 15) is 0 Å². The molecule has 3 nitrogen and oxygen atoms in total. The minimum Gasteiger partial charge on any atom is -0.371 e. The molecule has 0 aromatic heterocycles. The zero-order valence-corrected chi connectivity index (χ0v) is 13.0. The number of ether oxygens (including phenoxy) is 2. The third-order valence-corrected chi connectivity index (χ3v) is 5.06. The van der Waals surface area contributed by atoms with E-state index < -0.39 is 0 Å². The Labute approximate surface area is 127 Å². The molecule has 2 aliphatic rings. The summed E-state index contributed by atoms with van der Waals surface area (Å²) in [5.74, 6) is 0.710. The lowest BCUT2D eigenvalue weighted by molar-refractivity contribution is -0.118. The van der Waals surface area contributed by atoms with Gasteiger partial charge < -0.3 is 15.2 Å². The van der Waals surface area contributed by atoms with Crippen LogP contribution in [0.4, 0.5) is 0 Å². The maximum absolute atomic E-state index is 6.34. The largest absolute Gasteiger partial charge is 0.371 e. The van der Waals surface area contributed by atoms with E-state index in [2.05, 4.69) is 31.2 Å². The van der Waals surface area contributed by atoms with Crippen LogP contribution >= 0.6 is 0 Å². The van der Waals surface area contributed by atoms with Crippen LogP contribution < -0.4 is 5.73 Å². The molecule has 1 aliphatic carbocycles. The van der Waals surface area contributed by atoms with Crippen LogP contribution in [0.5, 0.6) is 0 Å². The van der Waals surface area contributed by atoms with Crippen molar-refractivity contribution >= 4 is 0 Å². The normalized spacial score (nSPS) is 32.7. The van der Waals surface area contributed by atoms with E-state index in [-0.39, 0.29) is 11.7 Å². The van der Waals surface area contributed by atoms with Crippen molar-refractivity contribution < 1.29 is 9.47 Å². The molecule has 1 aromatic rings. The molecule has 1 fully saturated rings. The minimum atomic E-state index is -0.132. The summed E-state index contributed by atoms with van der Waals surface area (Å²) in [6, 6.07) is 8.56. The molecule has 1 saturated carbocycles. The van der Waals surface area contributed by atoms with Crippen LogP contribution in [0.1, 0.15) is 49.8 Å². The van der Waals surface area contributed by atoms with Crippen LogP contribution in [-0.4, -0.2) is 25.4 Å². The fourth-order valence-electron chi connectivity index (χ4n) is 3.85. The maximum atomic E-state index is 6.34. The van der Waals surface area contributed by atoms with Crippen LogP contribution in [0.15, 0.2) is 24.3 Å². The minimum absolute atomic E-state index is 0.0654. The lowest BCUT2D eigenvalue weighted by Crippen LogP contribution is -2.45. The lowest BCUT2D eigenvalue weighted by Gasteiger charge is -2.40. The van der Waals surface area contributed by atoms with Gasteiger partial charge in [-0.1, -0.05) is 44.0 Å². The van der Waals surface area contributed by atoms with Crippen molar-refractivity contribution in [2.45, 2.75) is 50.7 Å². The molecular formula is C18H27NO2. The van der Waals surface area contributed by atoms with Crippen molar-refractivity contribution in [3.05, 3.63) is 35.4 Å². The molecule has 3 unspecified atom stereocenters. The van der Waals surface area contributed by atoms with Gasteiger partial charge in [-0.3, -0.25) is 0 Å². The van der Waals surface area contributed by atoms with E-state index in [0.29, 0.717) is 19.1 Å². The predicted molar refractivity (Wildman–Crippen MR) is 84.2 cm³/mol. The molecule has 21 heavy (non-hydrogen) atoms. The Morgan fingerprint density at radius 2 is 2.24 bits per heavy atom. The van der Waals surface area contributed by atoms with E-state index >= 15 is 0 Å². The highest BCUT2D eigenvalue weighted by Gasteiger charge is 2.36. The lowest BCUT2D eigenvalue weighted by atomic mass is 9.78. The van der Waals surface area contributed by atoms with Crippen LogP contribution in [0.25, 0.3) is 0 Å². The van der Waals surface area contributed by atoms with Crippen molar-refractivity contribution in [1.82, 2.24) is 0 Å². The van der Waals surface area contributed by atoms with Crippen LogP contribution in [0, 0.1) is 5.92 Å². The van der Waals surface area contributed by atoms with E-state index in [1.54, 1.807) is 0 Å². The second-order valence-electron chi connectivity index (χ2n) is 6.71. The number of benzene rings is 1. The number of hydrogen-bond donors (Lipinski definition) is 1. The SMILES string of the molecule is CC1CCCC(CN)(OCC2OCCc3ccccc32)C1. The Morgan fingerprint density at radius 3 is 3.05 bits per heavy atom. The fraction of sp³-hybridized carbons (Fsp3) is 0.667. The summed E-state index contributed by atoms with van der Waals surface area (Å²) in [6.45, 7) is 4.34. The monoisotopic (exact) mass is 289 g/mol. The van der Waals surface area contributed by atoms with Gasteiger partial charge in [-0.15, -0.1) is 0 Å². The van der Waals surface area contributed by atoms with Crippen molar-refractivity contribution in [1.29, 1.82) is 0 Å². The molecule has 1 aromatic carbocycles. The van der Waals surface area contributed by atoms with Crippen molar-refractivity contribution in [3.63, 3.8) is 0 Å². The molecule has 3 heteroatoms. The second-order valence-corrected chi connectivity index (χ2v) is 6.71. The quantitative estimate of drug-likeness (QED) is 0.925. The average molecular weight is 289 g/mol. The van der Waals surface area contributed by atoms with Gasteiger partial charge in [0.1, 0.15) is 6.10 Å². The van der Waals surface area contributed by atoms with Crippen molar-refractivity contribution in [2.75, 3.05) is 19.8 Å². The van der Waals surface area contributed by atoms with E-state index in [1.165, 1.54) is 24.0 Å². The zero-order valence-electron chi connectivity index (χ0n) is 13.0. The van der Waals surface area contributed by atoms with Gasteiger partial charge in [0, 0.05) is 6.54 Å². The summed E-state index contributed by atoms with van der Waals surface area (Å²) in [5.41, 5.74) is 8.60. The van der Waals surface area contributed by atoms with Gasteiger partial charge in [0.25, 0.3) is 0 Å². The summed E-state index contributed by atoms with van der Waals surface area (Å²) in [6.07, 6.45) is 5.76. The molecule has 2 N–H and O–H groups in total. The average Bonchev–Trinajstić information content (AvgIpc) is 2.53. The summed E-state index contributed by atoms with van der Waals surface area (Å²) in [5, 5.41) is 0. The molecule has 116 valence electrons. The number of nitrogens with two attached hydrogens (primary N) is 1. The summed E-state index contributed by atoms with van der Waals surface area (Å²) >= 11 is 0. The van der Waals surface area contributed by atoms with Gasteiger partial charge in [-0.05, 0) is 36.3 Å². The van der Waals surface area contributed by atoms with Gasteiger partial charge in [0.05, 0.1) is 18.8 Å². The Bertz CT molecular complexity index is 476. The number of hydrogen-bond acceptors (Lipinski definition) is 3. The van der Waals surface area contributed by atoms with Gasteiger partial charge in [0.2, 0.25) is 0 Å². The van der Waals surface area contributed by atoms with Gasteiger partial charge in [0.15, 0.2) is 0 Å². The van der Waals surface area contributed by atoms with Gasteiger partial charge >= 0.3 is 0 Å². The molecule has 0 amide bonds. The van der Waals surface area contributed by atoms with E-state index in [0.717, 1.165) is 25.9 Å². The molecular weight excluding hydrogens is 262 g/mol. The smallest absolute Gasteiger partial charge is 0.106 e.